The minimum absolute atomic E-state index is 0.0566. The van der Waals surface area contributed by atoms with E-state index < -0.39 is 0 Å². The van der Waals surface area contributed by atoms with Crippen LogP contribution in [0.4, 0.5) is 4.39 Å². The number of furan rings is 1. The molecular formula is C23H26FNO2. The fourth-order valence-electron chi connectivity index (χ4n) is 5.18. The molecule has 0 unspecified atom stereocenters. The number of halogens is 1. The standard InChI is InChI=1S/C23H26FNO2/c1-22(2)12-18-13-23(3,14-22)15-25(18)21(26)11-9-19-8-10-20(27-19)16-4-6-17(24)7-5-16/h4-11,18H,12-15H2,1-3H3/b11-9+/t18-,23-/m1/s1. The van der Waals surface area contributed by atoms with Gasteiger partial charge in [-0.2, -0.15) is 0 Å². The van der Waals surface area contributed by atoms with Crippen LogP contribution < -0.4 is 0 Å². The van der Waals surface area contributed by atoms with Crippen LogP contribution >= 0.6 is 0 Å². The lowest BCUT2D eigenvalue weighted by Crippen LogP contribution is -2.36. The number of hydrogen-bond acceptors (Lipinski definition) is 2. The van der Waals surface area contributed by atoms with Crippen molar-refractivity contribution in [2.75, 3.05) is 6.54 Å². The fourth-order valence-corrected chi connectivity index (χ4v) is 5.18. The highest BCUT2D eigenvalue weighted by atomic mass is 19.1. The number of carbonyl (C=O) groups excluding carboxylic acids is 1. The second-order valence-corrected chi connectivity index (χ2v) is 9.22. The van der Waals surface area contributed by atoms with Gasteiger partial charge in [-0.3, -0.25) is 4.79 Å². The van der Waals surface area contributed by atoms with Crippen LogP contribution in [-0.2, 0) is 4.79 Å². The lowest BCUT2D eigenvalue weighted by atomic mass is 9.65. The summed E-state index contributed by atoms with van der Waals surface area (Å²) in [6.07, 6.45) is 6.68. The van der Waals surface area contributed by atoms with Gasteiger partial charge in [0.05, 0.1) is 0 Å². The molecule has 2 aromatic rings. The molecule has 2 atom stereocenters. The molecule has 1 amide bonds. The monoisotopic (exact) mass is 367 g/mol. The van der Waals surface area contributed by atoms with E-state index in [1.54, 1.807) is 24.3 Å². The molecule has 3 nitrogen and oxygen atoms in total. The van der Waals surface area contributed by atoms with Crippen LogP contribution in [0.15, 0.2) is 46.9 Å². The summed E-state index contributed by atoms with van der Waals surface area (Å²) in [6.45, 7) is 7.75. The largest absolute Gasteiger partial charge is 0.457 e. The highest BCUT2D eigenvalue weighted by molar-refractivity contribution is 5.92. The van der Waals surface area contributed by atoms with Crippen molar-refractivity contribution in [1.82, 2.24) is 4.90 Å². The first-order valence-electron chi connectivity index (χ1n) is 9.58. The molecule has 1 saturated carbocycles. The molecule has 0 N–H and O–H groups in total. The normalized spacial score (nSPS) is 26.7. The van der Waals surface area contributed by atoms with E-state index >= 15 is 0 Å². The molecule has 1 saturated heterocycles. The van der Waals surface area contributed by atoms with E-state index in [1.807, 2.05) is 17.0 Å². The van der Waals surface area contributed by atoms with Crippen molar-refractivity contribution >= 4 is 12.0 Å². The highest BCUT2D eigenvalue weighted by Crippen LogP contribution is 2.52. The molecule has 0 spiro atoms. The minimum atomic E-state index is -0.274. The summed E-state index contributed by atoms with van der Waals surface area (Å²) in [6, 6.07) is 10.2. The third kappa shape index (κ3) is 3.71. The zero-order valence-corrected chi connectivity index (χ0v) is 16.2. The molecule has 1 aromatic heterocycles. The lowest BCUT2D eigenvalue weighted by molar-refractivity contribution is -0.127. The van der Waals surface area contributed by atoms with Crippen molar-refractivity contribution in [2.24, 2.45) is 10.8 Å². The zero-order valence-electron chi connectivity index (χ0n) is 16.2. The maximum Gasteiger partial charge on any atom is 0.246 e. The number of hydrogen-bond donors (Lipinski definition) is 0. The molecule has 1 aliphatic heterocycles. The van der Waals surface area contributed by atoms with E-state index in [0.29, 0.717) is 23.0 Å². The van der Waals surface area contributed by atoms with Gasteiger partial charge in [0.1, 0.15) is 17.3 Å². The Morgan fingerprint density at radius 1 is 1.15 bits per heavy atom. The molecule has 2 heterocycles. The molecule has 142 valence electrons. The van der Waals surface area contributed by atoms with Gasteiger partial charge in [0, 0.05) is 24.2 Å². The number of rotatable bonds is 3. The summed E-state index contributed by atoms with van der Waals surface area (Å²) >= 11 is 0. The van der Waals surface area contributed by atoms with E-state index in [2.05, 4.69) is 20.8 Å². The number of likely N-dealkylation sites (tertiary alicyclic amines) is 1. The fraction of sp³-hybridized carbons (Fsp3) is 0.435. The van der Waals surface area contributed by atoms with Crippen molar-refractivity contribution in [3.05, 3.63) is 54.1 Å². The summed E-state index contributed by atoms with van der Waals surface area (Å²) in [5.41, 5.74) is 1.34. The third-order valence-electron chi connectivity index (χ3n) is 5.84. The Kier molecular flexibility index (Phi) is 4.25. The van der Waals surface area contributed by atoms with Gasteiger partial charge in [-0.25, -0.2) is 4.39 Å². The number of carbonyl (C=O) groups is 1. The predicted octanol–water partition coefficient (Wildman–Crippen LogP) is 5.53. The molecule has 4 heteroatoms. The first-order chi connectivity index (χ1) is 12.7. The van der Waals surface area contributed by atoms with Crippen LogP contribution in [0.25, 0.3) is 17.4 Å². The number of fused-ring (bicyclic) bond motifs is 2. The molecule has 2 fully saturated rings. The smallest absolute Gasteiger partial charge is 0.246 e. The predicted molar refractivity (Wildman–Crippen MR) is 104 cm³/mol. The number of benzene rings is 1. The lowest BCUT2D eigenvalue weighted by Gasteiger charge is -2.39. The van der Waals surface area contributed by atoms with Gasteiger partial charge in [-0.1, -0.05) is 20.8 Å². The van der Waals surface area contributed by atoms with E-state index in [4.69, 9.17) is 4.42 Å². The zero-order chi connectivity index (χ0) is 19.2. The van der Waals surface area contributed by atoms with Crippen LogP contribution in [-0.4, -0.2) is 23.4 Å². The van der Waals surface area contributed by atoms with Gasteiger partial charge in [-0.15, -0.1) is 0 Å². The van der Waals surface area contributed by atoms with Crippen molar-refractivity contribution in [2.45, 2.75) is 46.1 Å². The van der Waals surface area contributed by atoms with Crippen molar-refractivity contribution in [1.29, 1.82) is 0 Å². The topological polar surface area (TPSA) is 33.5 Å². The average molecular weight is 367 g/mol. The Labute approximate surface area is 159 Å². The van der Waals surface area contributed by atoms with Gasteiger partial charge in [0.25, 0.3) is 0 Å². The Bertz CT molecular complexity index is 880. The average Bonchev–Trinajstić information content (AvgIpc) is 3.14. The first-order valence-corrected chi connectivity index (χ1v) is 9.58. The van der Waals surface area contributed by atoms with E-state index in [-0.39, 0.29) is 17.1 Å². The summed E-state index contributed by atoms with van der Waals surface area (Å²) in [5, 5.41) is 0. The Balaban J connectivity index is 1.46. The van der Waals surface area contributed by atoms with Crippen LogP contribution in [0, 0.1) is 16.6 Å². The van der Waals surface area contributed by atoms with E-state index in [0.717, 1.165) is 24.9 Å². The SMILES string of the molecule is CC1(C)C[C@@H]2C[C@@](C)(CN2C(=O)/C=C/c2ccc(-c3ccc(F)cc3)o2)C1. The van der Waals surface area contributed by atoms with Gasteiger partial charge >= 0.3 is 0 Å². The van der Waals surface area contributed by atoms with Crippen LogP contribution in [0.3, 0.4) is 0 Å². The first kappa shape index (κ1) is 18.0. The van der Waals surface area contributed by atoms with Crippen LogP contribution in [0.5, 0.6) is 0 Å². The van der Waals surface area contributed by atoms with Gasteiger partial charge in [-0.05, 0) is 72.6 Å². The quantitative estimate of drug-likeness (QED) is 0.669. The molecule has 2 bridgehead atoms. The summed E-state index contributed by atoms with van der Waals surface area (Å²) in [5.74, 6) is 1.06. The molecular weight excluding hydrogens is 341 g/mol. The maximum atomic E-state index is 13.0. The molecule has 2 aliphatic rings. The second kappa shape index (κ2) is 6.36. The molecule has 1 aliphatic carbocycles. The Hall–Kier alpha value is -2.36. The second-order valence-electron chi connectivity index (χ2n) is 9.22. The summed E-state index contributed by atoms with van der Waals surface area (Å²) in [7, 11) is 0. The van der Waals surface area contributed by atoms with Crippen molar-refractivity contribution in [3.63, 3.8) is 0 Å². The van der Waals surface area contributed by atoms with Gasteiger partial charge in [0.15, 0.2) is 0 Å². The summed E-state index contributed by atoms with van der Waals surface area (Å²) < 4.78 is 18.8. The van der Waals surface area contributed by atoms with Crippen LogP contribution in [0.2, 0.25) is 0 Å². The Morgan fingerprint density at radius 2 is 1.89 bits per heavy atom. The molecule has 0 radical (unpaired) electrons. The van der Waals surface area contributed by atoms with E-state index in [9.17, 15) is 9.18 Å². The maximum absolute atomic E-state index is 13.0. The Morgan fingerprint density at radius 3 is 2.63 bits per heavy atom. The van der Waals surface area contributed by atoms with E-state index in [1.165, 1.54) is 18.6 Å². The van der Waals surface area contributed by atoms with Gasteiger partial charge in [0.2, 0.25) is 5.91 Å². The number of nitrogens with zero attached hydrogens (tertiary/aromatic N) is 1. The highest BCUT2D eigenvalue weighted by Gasteiger charge is 2.50. The number of amides is 1. The van der Waals surface area contributed by atoms with Gasteiger partial charge < -0.3 is 9.32 Å². The minimum Gasteiger partial charge on any atom is -0.457 e. The van der Waals surface area contributed by atoms with Crippen molar-refractivity contribution in [3.8, 4) is 11.3 Å². The summed E-state index contributed by atoms with van der Waals surface area (Å²) in [4.78, 5) is 14.8. The molecule has 4 rings (SSSR count). The molecule has 1 aromatic carbocycles. The third-order valence-corrected chi connectivity index (χ3v) is 5.84. The molecule has 27 heavy (non-hydrogen) atoms. The van der Waals surface area contributed by atoms with Crippen LogP contribution in [0.1, 0.15) is 45.8 Å². The van der Waals surface area contributed by atoms with Crippen molar-refractivity contribution < 1.29 is 13.6 Å².